The second-order valence-corrected chi connectivity index (χ2v) is 12.3. The van der Waals surface area contributed by atoms with Gasteiger partial charge < -0.3 is 30.6 Å². The van der Waals surface area contributed by atoms with Crippen LogP contribution in [0.15, 0.2) is 18.2 Å². The number of nitrogens with one attached hydrogen (secondary N) is 2. The SMILES string of the molecule is CCC1=C(C)c2cc3[nH]c(cc4[n-]c(c(CCC(=O)O)c4C)c(=N)c4[n-]c(cc1n2)c(C)c4CCC(=O)O)c(C)c3C(C)S.[Fe+2]. The van der Waals surface area contributed by atoms with Crippen LogP contribution in [0.1, 0.15) is 90.1 Å². The Kier molecular flexibility index (Phi) is 10.1. The van der Waals surface area contributed by atoms with Crippen molar-refractivity contribution >= 4 is 68.8 Å². The minimum atomic E-state index is -0.940. The molecule has 5 rings (SSSR count). The molecule has 8 bridgehead atoms. The van der Waals surface area contributed by atoms with E-state index in [1.54, 1.807) is 0 Å². The second-order valence-electron chi connectivity index (χ2n) is 11.5. The zero-order valence-corrected chi connectivity index (χ0v) is 28.2. The molecule has 0 saturated carbocycles. The summed E-state index contributed by atoms with van der Waals surface area (Å²) in [5.41, 5.74) is 12.5. The van der Waals surface area contributed by atoms with Crippen molar-refractivity contribution in [3.63, 3.8) is 0 Å². The first-order valence-electron chi connectivity index (χ1n) is 14.8. The number of carbonyl (C=O) groups is 2. The predicted octanol–water partition coefficient (Wildman–Crippen LogP) is 6.55. The molecule has 11 heteroatoms. The normalized spacial score (nSPS) is 12.9. The van der Waals surface area contributed by atoms with Crippen molar-refractivity contribution in [2.75, 3.05) is 0 Å². The summed E-state index contributed by atoms with van der Waals surface area (Å²) < 4.78 is 0. The number of aromatic nitrogens is 4. The van der Waals surface area contributed by atoms with Crippen LogP contribution in [0.25, 0.3) is 44.2 Å². The van der Waals surface area contributed by atoms with Crippen molar-refractivity contribution in [1.82, 2.24) is 19.9 Å². The molecule has 45 heavy (non-hydrogen) atoms. The Balaban J connectivity index is 0.00000461. The van der Waals surface area contributed by atoms with E-state index in [0.29, 0.717) is 33.2 Å². The van der Waals surface area contributed by atoms with Crippen LogP contribution in [-0.2, 0) is 39.5 Å². The number of nitrogens with zero attached hydrogens (tertiary/aromatic N) is 3. The van der Waals surface area contributed by atoms with Gasteiger partial charge in [0.1, 0.15) is 0 Å². The molecular formula is C34H37FeN5O4S. The van der Waals surface area contributed by atoms with Gasteiger partial charge >= 0.3 is 29.0 Å². The van der Waals surface area contributed by atoms with Crippen LogP contribution in [0.2, 0.25) is 0 Å². The van der Waals surface area contributed by atoms with Crippen LogP contribution in [0, 0.1) is 26.2 Å². The van der Waals surface area contributed by atoms with E-state index in [1.807, 2.05) is 39.8 Å². The first-order valence-corrected chi connectivity index (χ1v) is 15.3. The van der Waals surface area contributed by atoms with Gasteiger partial charge in [0, 0.05) is 34.5 Å². The molecular weight excluding hydrogens is 630 g/mol. The number of aryl methyl sites for hydroxylation is 5. The van der Waals surface area contributed by atoms with Gasteiger partial charge in [-0.25, -0.2) is 4.98 Å². The molecule has 4 aromatic rings. The van der Waals surface area contributed by atoms with E-state index < -0.39 is 11.9 Å². The fourth-order valence-corrected chi connectivity index (χ4v) is 6.61. The second kappa shape index (κ2) is 13.3. The summed E-state index contributed by atoms with van der Waals surface area (Å²) in [5.74, 6) is -1.88. The molecule has 4 aromatic heterocycles. The van der Waals surface area contributed by atoms with Crippen molar-refractivity contribution in [2.45, 2.75) is 78.9 Å². The van der Waals surface area contributed by atoms with E-state index >= 15 is 0 Å². The number of H-pyrrole nitrogens is 1. The number of fused-ring (bicyclic) bond motifs is 8. The van der Waals surface area contributed by atoms with E-state index in [-0.39, 0.29) is 53.4 Å². The number of rotatable bonds is 8. The molecule has 9 nitrogen and oxygen atoms in total. The molecule has 0 amide bonds. The fourth-order valence-electron chi connectivity index (χ4n) is 6.28. The van der Waals surface area contributed by atoms with Crippen LogP contribution in [0.5, 0.6) is 0 Å². The maximum Gasteiger partial charge on any atom is 2.00 e. The van der Waals surface area contributed by atoms with Gasteiger partial charge in [-0.05, 0) is 82.2 Å². The molecule has 0 aromatic carbocycles. The van der Waals surface area contributed by atoms with Crippen molar-refractivity contribution in [3.05, 3.63) is 68.3 Å². The smallest absolute Gasteiger partial charge is 0.656 e. The van der Waals surface area contributed by atoms with Crippen LogP contribution < -0.4 is 15.3 Å². The minimum Gasteiger partial charge on any atom is -0.656 e. The number of allylic oxidation sites excluding steroid dienone is 2. The van der Waals surface area contributed by atoms with Crippen LogP contribution in [0.4, 0.5) is 0 Å². The largest absolute Gasteiger partial charge is 2.00 e. The number of thiol groups is 1. The predicted molar refractivity (Wildman–Crippen MR) is 176 cm³/mol. The molecule has 0 saturated heterocycles. The minimum absolute atomic E-state index is 0. The van der Waals surface area contributed by atoms with Gasteiger partial charge in [0.2, 0.25) is 0 Å². The quantitative estimate of drug-likeness (QED) is 0.105. The molecule has 4 N–H and O–H groups in total. The third kappa shape index (κ3) is 6.34. The van der Waals surface area contributed by atoms with Crippen molar-refractivity contribution < 1.29 is 36.9 Å². The number of aliphatic carboxylic acids is 2. The van der Waals surface area contributed by atoms with E-state index in [2.05, 4.69) is 24.9 Å². The Morgan fingerprint density at radius 1 is 0.889 bits per heavy atom. The summed E-state index contributed by atoms with van der Waals surface area (Å²) in [7, 11) is 0. The zero-order chi connectivity index (χ0) is 32.0. The third-order valence-corrected chi connectivity index (χ3v) is 8.98. The van der Waals surface area contributed by atoms with E-state index in [9.17, 15) is 25.2 Å². The molecule has 236 valence electrons. The summed E-state index contributed by atoms with van der Waals surface area (Å²) in [5, 5.41) is 28.3. The van der Waals surface area contributed by atoms with E-state index in [0.717, 1.165) is 62.2 Å². The number of carboxylic acid groups (broad SMARTS) is 2. The van der Waals surface area contributed by atoms with Gasteiger partial charge in [0.05, 0.1) is 11.4 Å². The molecule has 1 aliphatic heterocycles. The Labute approximate surface area is 277 Å². The molecule has 1 unspecified atom stereocenters. The summed E-state index contributed by atoms with van der Waals surface area (Å²) in [6.45, 7) is 12.0. The number of hydrogen-bond acceptors (Lipinski definition) is 5. The monoisotopic (exact) mass is 667 g/mol. The Morgan fingerprint density at radius 2 is 1.42 bits per heavy atom. The number of hydrogen-bond donors (Lipinski definition) is 5. The summed E-state index contributed by atoms with van der Waals surface area (Å²) in [6.07, 6.45) is 0.931. The molecule has 0 radical (unpaired) electrons. The maximum absolute atomic E-state index is 11.6. The van der Waals surface area contributed by atoms with Gasteiger partial charge in [0.25, 0.3) is 0 Å². The first-order chi connectivity index (χ1) is 20.8. The number of carboxylic acids is 2. The van der Waals surface area contributed by atoms with Crippen LogP contribution >= 0.6 is 12.6 Å². The molecule has 1 atom stereocenters. The standard InChI is InChI=1S/C34H39N5O4S.Fe/c1-7-20-15(2)23-14-28-31(19(6)44)18(5)26(37-28)12-24-16(3)21(8-10-29(40)41)33(38-24)32(35)34-22(9-11-30(42)43)17(4)25(39-34)13-27(20)36-23;/h12-14,19H,7-11H2,1-6H3,(H7,35,36,37,38,39,40,41,42,43,44);/q;+2/p-2. The Morgan fingerprint density at radius 3 is 1.91 bits per heavy atom. The van der Waals surface area contributed by atoms with Crippen molar-refractivity contribution in [2.24, 2.45) is 0 Å². The van der Waals surface area contributed by atoms with Crippen LogP contribution in [-0.4, -0.2) is 32.1 Å². The fraction of sp³-hybridized carbons (Fsp3) is 0.353. The zero-order valence-electron chi connectivity index (χ0n) is 26.2. The first kappa shape index (κ1) is 34.1. The Hall–Kier alpha value is -3.79. The summed E-state index contributed by atoms with van der Waals surface area (Å²) in [6, 6.07) is 5.92. The summed E-state index contributed by atoms with van der Waals surface area (Å²) in [4.78, 5) is 41.6. The average Bonchev–Trinajstić information content (AvgIpc) is 3.63. The molecule has 1 aliphatic rings. The van der Waals surface area contributed by atoms with Gasteiger partial charge in [-0.1, -0.05) is 41.3 Å². The molecule has 5 heterocycles. The van der Waals surface area contributed by atoms with Gasteiger partial charge in [-0.15, -0.1) is 22.1 Å². The van der Waals surface area contributed by atoms with Crippen molar-refractivity contribution in [3.8, 4) is 0 Å². The molecule has 0 fully saturated rings. The van der Waals surface area contributed by atoms with Gasteiger partial charge in [-0.3, -0.25) is 9.59 Å². The number of aromatic amines is 1. The topological polar surface area (TPSA) is 155 Å². The summed E-state index contributed by atoms with van der Waals surface area (Å²) >= 11 is 4.80. The maximum atomic E-state index is 11.6. The van der Waals surface area contributed by atoms with E-state index in [4.69, 9.17) is 27.6 Å². The third-order valence-electron chi connectivity index (χ3n) is 8.72. The molecule has 0 aliphatic carbocycles. The molecule has 0 spiro atoms. The van der Waals surface area contributed by atoms with E-state index in [1.165, 1.54) is 0 Å². The van der Waals surface area contributed by atoms with Gasteiger partial charge in [-0.2, -0.15) is 12.6 Å². The Bertz CT molecular complexity index is 2070. The van der Waals surface area contributed by atoms with Crippen LogP contribution in [0.3, 0.4) is 0 Å². The van der Waals surface area contributed by atoms with Gasteiger partial charge in [0.15, 0.2) is 0 Å². The average molecular weight is 668 g/mol. The van der Waals surface area contributed by atoms with Crippen molar-refractivity contribution in [1.29, 1.82) is 5.41 Å².